The van der Waals surface area contributed by atoms with Crippen LogP contribution in [0.2, 0.25) is 0 Å². The molecule has 0 bridgehead atoms. The molecule has 2 heterocycles. The van der Waals surface area contributed by atoms with E-state index in [0.717, 1.165) is 38.7 Å². The molecule has 2 saturated heterocycles. The smallest absolute Gasteiger partial charge is 0.194 e. The van der Waals surface area contributed by atoms with Crippen LogP contribution in [0.5, 0.6) is 0 Å². The fourth-order valence-corrected chi connectivity index (χ4v) is 4.23. The number of nitriles is 1. The monoisotopic (exact) mass is 535 g/mol. The summed E-state index contributed by atoms with van der Waals surface area (Å²) in [5, 5.41) is 12.3. The summed E-state index contributed by atoms with van der Waals surface area (Å²) in [7, 11) is 1.73. The number of halogens is 2. The van der Waals surface area contributed by atoms with Crippen LogP contribution < -0.4 is 5.32 Å². The molecule has 0 aliphatic carbocycles. The lowest BCUT2D eigenvalue weighted by Gasteiger charge is -2.36. The fourth-order valence-electron chi connectivity index (χ4n) is 4.23. The van der Waals surface area contributed by atoms with Crippen LogP contribution in [0.3, 0.4) is 0 Å². The molecule has 2 atom stereocenters. The predicted molar refractivity (Wildman–Crippen MR) is 129 cm³/mol. The Bertz CT molecular complexity index is 949. The summed E-state index contributed by atoms with van der Waals surface area (Å²) in [6.07, 6.45) is 0.125. The van der Waals surface area contributed by atoms with E-state index in [0.29, 0.717) is 11.1 Å². The van der Waals surface area contributed by atoms with Gasteiger partial charge in [0.25, 0.3) is 0 Å². The van der Waals surface area contributed by atoms with Gasteiger partial charge in [0.1, 0.15) is 5.82 Å². The third-order valence-corrected chi connectivity index (χ3v) is 5.77. The molecule has 2 unspecified atom stereocenters. The third-order valence-electron chi connectivity index (χ3n) is 5.77. The first-order valence-corrected chi connectivity index (χ1v) is 10.2. The van der Waals surface area contributed by atoms with Crippen molar-refractivity contribution >= 4 is 29.9 Å². The first-order chi connectivity index (χ1) is 14.7. The Labute approximate surface area is 199 Å². The Balaban J connectivity index is 0.00000272. The van der Waals surface area contributed by atoms with Crippen molar-refractivity contribution in [1.29, 1.82) is 5.26 Å². The number of nitrogens with zero attached hydrogens (tertiary/aromatic N) is 4. The van der Waals surface area contributed by atoms with Gasteiger partial charge in [-0.3, -0.25) is 9.89 Å². The van der Waals surface area contributed by atoms with Crippen LogP contribution in [-0.4, -0.2) is 61.2 Å². The summed E-state index contributed by atoms with van der Waals surface area (Å²) in [5.41, 5.74) is 2.20. The Morgan fingerprint density at radius 1 is 1.26 bits per heavy atom. The van der Waals surface area contributed by atoms with Crippen LogP contribution in [0.25, 0.3) is 0 Å². The van der Waals surface area contributed by atoms with E-state index in [2.05, 4.69) is 50.4 Å². The van der Waals surface area contributed by atoms with Crippen LogP contribution in [0.1, 0.15) is 16.7 Å². The second kappa shape index (κ2) is 10.9. The lowest BCUT2D eigenvalue weighted by molar-refractivity contribution is -0.0502. The number of benzene rings is 2. The van der Waals surface area contributed by atoms with E-state index in [1.54, 1.807) is 13.1 Å². The molecular formula is C23H27FIN5O. The van der Waals surface area contributed by atoms with E-state index in [9.17, 15) is 4.39 Å². The SMILES string of the molecule is CN=C(NCc1cc(C#N)ccc1F)N1CC2OCCN(Cc3ccccc3)C2C1.I. The minimum atomic E-state index is -0.329. The zero-order chi connectivity index (χ0) is 20.9. The topological polar surface area (TPSA) is 63.9 Å². The standard InChI is InChI=1S/C23H26FN5O.HI/c1-26-23(27-13-19-11-18(12-25)7-8-20(19)24)29-15-21-22(16-29)30-10-9-28(21)14-17-5-3-2-4-6-17;/h2-8,11,21-22H,9-10,13-16H2,1H3,(H,26,27);1H. The highest BCUT2D eigenvalue weighted by molar-refractivity contribution is 14.0. The Hall–Kier alpha value is -2.22. The second-order valence-electron chi connectivity index (χ2n) is 7.66. The van der Waals surface area contributed by atoms with Gasteiger partial charge in [-0.05, 0) is 23.8 Å². The van der Waals surface area contributed by atoms with Crippen molar-refractivity contribution in [1.82, 2.24) is 15.1 Å². The molecule has 2 aliphatic rings. The van der Waals surface area contributed by atoms with E-state index in [1.807, 2.05) is 6.07 Å². The number of likely N-dealkylation sites (tertiary alicyclic amines) is 1. The summed E-state index contributed by atoms with van der Waals surface area (Å²) in [6.45, 7) is 4.35. The van der Waals surface area contributed by atoms with Crippen molar-refractivity contribution in [3.8, 4) is 6.07 Å². The third kappa shape index (κ3) is 5.53. The summed E-state index contributed by atoms with van der Waals surface area (Å²) in [4.78, 5) is 9.04. The molecule has 0 radical (unpaired) electrons. The van der Waals surface area contributed by atoms with Crippen LogP contribution in [0.4, 0.5) is 4.39 Å². The van der Waals surface area contributed by atoms with Crippen molar-refractivity contribution in [3.63, 3.8) is 0 Å². The number of nitrogens with one attached hydrogen (secondary N) is 1. The molecule has 0 saturated carbocycles. The molecule has 6 nitrogen and oxygen atoms in total. The van der Waals surface area contributed by atoms with Gasteiger partial charge in [0.05, 0.1) is 30.4 Å². The average molecular weight is 535 g/mol. The highest BCUT2D eigenvalue weighted by Gasteiger charge is 2.41. The van der Waals surface area contributed by atoms with Gasteiger partial charge in [-0.25, -0.2) is 4.39 Å². The predicted octanol–water partition coefficient (Wildman–Crippen LogP) is 2.98. The molecule has 0 amide bonds. The minimum absolute atomic E-state index is 0. The molecule has 2 aliphatic heterocycles. The molecule has 31 heavy (non-hydrogen) atoms. The van der Waals surface area contributed by atoms with Crippen molar-refractivity contribution in [2.24, 2.45) is 4.99 Å². The maximum absolute atomic E-state index is 14.1. The summed E-state index contributed by atoms with van der Waals surface area (Å²) in [6, 6.07) is 17.2. The van der Waals surface area contributed by atoms with Crippen molar-refractivity contribution < 1.29 is 9.13 Å². The minimum Gasteiger partial charge on any atom is -0.373 e. The first kappa shape index (κ1) is 23.4. The number of morpholine rings is 1. The molecule has 0 spiro atoms. The van der Waals surface area contributed by atoms with E-state index >= 15 is 0 Å². The summed E-state index contributed by atoms with van der Waals surface area (Å²) < 4.78 is 20.2. The van der Waals surface area contributed by atoms with Gasteiger partial charge in [0, 0.05) is 45.3 Å². The number of guanidine groups is 1. The van der Waals surface area contributed by atoms with Gasteiger partial charge in [0.2, 0.25) is 0 Å². The maximum Gasteiger partial charge on any atom is 0.194 e. The molecule has 0 aromatic heterocycles. The zero-order valence-corrected chi connectivity index (χ0v) is 19.8. The van der Waals surface area contributed by atoms with Crippen LogP contribution in [-0.2, 0) is 17.8 Å². The lowest BCUT2D eigenvalue weighted by atomic mass is 10.1. The van der Waals surface area contributed by atoms with E-state index in [4.69, 9.17) is 10.00 Å². The molecule has 2 aromatic rings. The van der Waals surface area contributed by atoms with Crippen molar-refractivity contribution in [2.75, 3.05) is 33.3 Å². The molecule has 8 heteroatoms. The molecule has 4 rings (SSSR count). The van der Waals surface area contributed by atoms with Gasteiger partial charge in [-0.2, -0.15) is 5.26 Å². The Morgan fingerprint density at radius 2 is 2.06 bits per heavy atom. The second-order valence-corrected chi connectivity index (χ2v) is 7.66. The summed E-state index contributed by atoms with van der Waals surface area (Å²) in [5.74, 6) is 0.388. The highest BCUT2D eigenvalue weighted by Crippen LogP contribution is 2.24. The summed E-state index contributed by atoms with van der Waals surface area (Å²) >= 11 is 0. The normalized spacial score (nSPS) is 21.2. The largest absolute Gasteiger partial charge is 0.373 e. The number of hydrogen-bond donors (Lipinski definition) is 1. The number of rotatable bonds is 4. The maximum atomic E-state index is 14.1. The number of ether oxygens (including phenoxy) is 1. The molecule has 164 valence electrons. The van der Waals surface area contributed by atoms with Crippen LogP contribution in [0.15, 0.2) is 53.5 Å². The number of hydrogen-bond acceptors (Lipinski definition) is 4. The van der Waals surface area contributed by atoms with Gasteiger partial charge >= 0.3 is 0 Å². The lowest BCUT2D eigenvalue weighted by Crippen LogP contribution is -2.50. The zero-order valence-electron chi connectivity index (χ0n) is 17.5. The van der Waals surface area contributed by atoms with Crippen LogP contribution in [0, 0.1) is 17.1 Å². The van der Waals surface area contributed by atoms with E-state index in [1.165, 1.54) is 17.7 Å². The highest BCUT2D eigenvalue weighted by atomic mass is 127. The van der Waals surface area contributed by atoms with Gasteiger partial charge < -0.3 is 15.0 Å². The molecule has 1 N–H and O–H groups in total. The van der Waals surface area contributed by atoms with E-state index in [-0.39, 0.29) is 48.5 Å². The first-order valence-electron chi connectivity index (χ1n) is 10.2. The molecule has 2 fully saturated rings. The van der Waals surface area contributed by atoms with E-state index < -0.39 is 0 Å². The van der Waals surface area contributed by atoms with Crippen molar-refractivity contribution in [2.45, 2.75) is 25.2 Å². The number of aliphatic imine (C=N–C) groups is 1. The van der Waals surface area contributed by atoms with Crippen molar-refractivity contribution in [3.05, 3.63) is 71.0 Å². The van der Waals surface area contributed by atoms with Gasteiger partial charge in [0.15, 0.2) is 5.96 Å². The van der Waals surface area contributed by atoms with Gasteiger partial charge in [-0.15, -0.1) is 24.0 Å². The van der Waals surface area contributed by atoms with Crippen LogP contribution >= 0.6 is 24.0 Å². The number of fused-ring (bicyclic) bond motifs is 1. The van der Waals surface area contributed by atoms with Gasteiger partial charge in [-0.1, -0.05) is 30.3 Å². The Morgan fingerprint density at radius 3 is 2.81 bits per heavy atom. The quantitative estimate of drug-likeness (QED) is 0.371. The Kier molecular flexibility index (Phi) is 8.23. The fraction of sp³-hybridized carbons (Fsp3) is 0.391. The molecule has 2 aromatic carbocycles. The average Bonchev–Trinajstić information content (AvgIpc) is 3.21. The molecular weight excluding hydrogens is 508 g/mol.